The third-order valence-electron chi connectivity index (χ3n) is 6.53. The Morgan fingerprint density at radius 2 is 1.89 bits per heavy atom. The first kappa shape index (κ1) is 26.0. The molecule has 8 heteroatoms. The third-order valence-corrected chi connectivity index (χ3v) is 6.53. The molecule has 0 aliphatic carbocycles. The second-order valence-electron chi connectivity index (χ2n) is 10.8. The van der Waals surface area contributed by atoms with Gasteiger partial charge in [0.05, 0.1) is 23.2 Å². The molecule has 2 aromatic heterocycles. The molecule has 8 nitrogen and oxygen atoms in total. The van der Waals surface area contributed by atoms with E-state index in [1.807, 2.05) is 49.6 Å². The molecule has 1 aliphatic rings. The smallest absolute Gasteiger partial charge is 0.410 e. The molecule has 38 heavy (non-hydrogen) atoms. The lowest BCUT2D eigenvalue weighted by molar-refractivity contribution is 0.00828. The summed E-state index contributed by atoms with van der Waals surface area (Å²) in [6, 6.07) is 16.3. The van der Waals surface area contributed by atoms with Crippen LogP contribution in [0.2, 0.25) is 0 Å². The van der Waals surface area contributed by atoms with Gasteiger partial charge in [0, 0.05) is 50.1 Å². The van der Waals surface area contributed by atoms with Gasteiger partial charge in [-0.1, -0.05) is 25.1 Å². The van der Waals surface area contributed by atoms with Gasteiger partial charge in [-0.3, -0.25) is 4.57 Å². The largest absolute Gasteiger partial charge is 0.493 e. The SMILES string of the molecule is CCCOCCCOc1ccc2c(c1)ncn2-c1ccc2cccc(C3CN(C(=O)OC(C)(C)C)C3)c2n1. The highest BCUT2D eigenvalue weighted by atomic mass is 16.6. The number of rotatable bonds is 9. The maximum Gasteiger partial charge on any atom is 0.410 e. The second-order valence-corrected chi connectivity index (χ2v) is 10.8. The van der Waals surface area contributed by atoms with Crippen LogP contribution in [0, 0.1) is 0 Å². The number of pyridine rings is 1. The van der Waals surface area contributed by atoms with E-state index in [4.69, 9.17) is 19.2 Å². The number of likely N-dealkylation sites (tertiary alicyclic amines) is 1. The average molecular weight is 517 g/mol. The number of amides is 1. The zero-order valence-electron chi connectivity index (χ0n) is 22.6. The Hall–Kier alpha value is -3.65. The van der Waals surface area contributed by atoms with E-state index in [0.29, 0.717) is 26.3 Å². The van der Waals surface area contributed by atoms with Crippen LogP contribution >= 0.6 is 0 Å². The number of aromatic nitrogens is 3. The molecule has 2 aromatic carbocycles. The molecule has 0 N–H and O–H groups in total. The maximum atomic E-state index is 12.4. The fourth-order valence-corrected chi connectivity index (χ4v) is 4.64. The van der Waals surface area contributed by atoms with E-state index in [2.05, 4.69) is 36.2 Å². The minimum atomic E-state index is -0.498. The van der Waals surface area contributed by atoms with Gasteiger partial charge >= 0.3 is 6.09 Å². The van der Waals surface area contributed by atoms with Crippen LogP contribution in [0.3, 0.4) is 0 Å². The number of fused-ring (bicyclic) bond motifs is 2. The lowest BCUT2D eigenvalue weighted by atomic mass is 9.90. The molecule has 200 valence electrons. The number of nitrogens with zero attached hydrogens (tertiary/aromatic N) is 4. The molecule has 0 bridgehead atoms. The predicted octanol–water partition coefficient (Wildman–Crippen LogP) is 6.10. The molecule has 1 fully saturated rings. The number of hydrogen-bond acceptors (Lipinski definition) is 6. The summed E-state index contributed by atoms with van der Waals surface area (Å²) < 4.78 is 18.9. The minimum Gasteiger partial charge on any atom is -0.493 e. The van der Waals surface area contributed by atoms with Crippen molar-refractivity contribution in [2.45, 2.75) is 52.1 Å². The number of imidazole rings is 1. The first-order chi connectivity index (χ1) is 18.3. The van der Waals surface area contributed by atoms with Crippen molar-refractivity contribution in [1.82, 2.24) is 19.4 Å². The van der Waals surface area contributed by atoms with Gasteiger partial charge in [-0.2, -0.15) is 0 Å². The van der Waals surface area contributed by atoms with Gasteiger partial charge in [0.25, 0.3) is 0 Å². The lowest BCUT2D eigenvalue weighted by Crippen LogP contribution is -2.50. The molecule has 0 spiro atoms. The minimum absolute atomic E-state index is 0.223. The first-order valence-electron chi connectivity index (χ1n) is 13.4. The van der Waals surface area contributed by atoms with Gasteiger partial charge in [0.1, 0.15) is 23.5 Å². The second kappa shape index (κ2) is 11.0. The van der Waals surface area contributed by atoms with Crippen molar-refractivity contribution in [3.8, 4) is 11.6 Å². The van der Waals surface area contributed by atoms with Crippen LogP contribution in [0.15, 0.2) is 54.9 Å². The summed E-state index contributed by atoms with van der Waals surface area (Å²) in [7, 11) is 0. The van der Waals surface area contributed by atoms with E-state index in [9.17, 15) is 4.79 Å². The topological polar surface area (TPSA) is 78.7 Å². The summed E-state index contributed by atoms with van der Waals surface area (Å²) in [6.07, 6.45) is 3.42. The molecule has 1 amide bonds. The average Bonchev–Trinajstić information content (AvgIpc) is 3.27. The van der Waals surface area contributed by atoms with Crippen molar-refractivity contribution in [2.75, 3.05) is 32.9 Å². The molecule has 3 heterocycles. The van der Waals surface area contributed by atoms with E-state index in [-0.39, 0.29) is 12.0 Å². The zero-order valence-corrected chi connectivity index (χ0v) is 22.6. The van der Waals surface area contributed by atoms with E-state index in [1.54, 1.807) is 11.2 Å². The summed E-state index contributed by atoms with van der Waals surface area (Å²) >= 11 is 0. The zero-order chi connectivity index (χ0) is 26.7. The number of benzene rings is 2. The number of ether oxygens (including phenoxy) is 3. The van der Waals surface area contributed by atoms with Crippen molar-refractivity contribution in [3.63, 3.8) is 0 Å². The molecule has 0 atom stereocenters. The highest BCUT2D eigenvalue weighted by Gasteiger charge is 2.35. The molecule has 0 saturated carbocycles. The molecule has 0 unspecified atom stereocenters. The van der Waals surface area contributed by atoms with Crippen LogP contribution < -0.4 is 4.74 Å². The van der Waals surface area contributed by atoms with Crippen LogP contribution in [-0.4, -0.2) is 64.0 Å². The van der Waals surface area contributed by atoms with Gasteiger partial charge in [-0.15, -0.1) is 0 Å². The summed E-state index contributed by atoms with van der Waals surface area (Å²) in [5, 5.41) is 1.07. The fourth-order valence-electron chi connectivity index (χ4n) is 4.64. The quantitative estimate of drug-likeness (QED) is 0.250. The molecule has 1 aliphatic heterocycles. The molecule has 0 radical (unpaired) electrons. The first-order valence-corrected chi connectivity index (χ1v) is 13.4. The van der Waals surface area contributed by atoms with Gasteiger partial charge in [-0.25, -0.2) is 14.8 Å². The molecule has 5 rings (SSSR count). The van der Waals surface area contributed by atoms with Gasteiger partial charge < -0.3 is 19.1 Å². The normalized spacial score (nSPS) is 14.2. The Balaban J connectivity index is 1.32. The van der Waals surface area contributed by atoms with Crippen molar-refractivity contribution in [3.05, 3.63) is 60.4 Å². The standard InChI is InChI=1S/C30H36N4O4/c1-5-14-36-15-7-16-37-23-11-12-26-25(17-23)31-20-34(26)27-13-10-21-8-6-9-24(28(21)32-27)22-18-33(19-22)29(35)38-30(2,3)4/h6,8-13,17,20,22H,5,7,14-16,18-19H2,1-4H3. The Bertz CT molecular complexity index is 1420. The number of carbonyl (C=O) groups is 1. The van der Waals surface area contributed by atoms with Crippen LogP contribution in [0.25, 0.3) is 27.8 Å². The molecular formula is C30H36N4O4. The Kier molecular flexibility index (Phi) is 7.51. The Morgan fingerprint density at radius 1 is 1.05 bits per heavy atom. The number of hydrogen-bond donors (Lipinski definition) is 0. The summed E-state index contributed by atoms with van der Waals surface area (Å²) in [4.78, 5) is 23.8. The van der Waals surface area contributed by atoms with Crippen molar-refractivity contribution in [2.24, 2.45) is 0 Å². The highest BCUT2D eigenvalue weighted by molar-refractivity contribution is 5.85. The van der Waals surface area contributed by atoms with Gasteiger partial charge in [0.15, 0.2) is 0 Å². The summed E-state index contributed by atoms with van der Waals surface area (Å²) in [5.41, 5.74) is 3.42. The Labute approximate surface area is 223 Å². The van der Waals surface area contributed by atoms with Gasteiger partial charge in [-0.05, 0) is 57.0 Å². The van der Waals surface area contributed by atoms with Crippen LogP contribution in [0.1, 0.15) is 52.0 Å². The van der Waals surface area contributed by atoms with Crippen molar-refractivity contribution >= 4 is 28.0 Å². The number of para-hydroxylation sites is 1. The lowest BCUT2D eigenvalue weighted by Gasteiger charge is -2.40. The molecule has 4 aromatic rings. The monoisotopic (exact) mass is 516 g/mol. The predicted molar refractivity (Wildman–Crippen MR) is 148 cm³/mol. The van der Waals surface area contributed by atoms with Crippen LogP contribution in [0.4, 0.5) is 4.79 Å². The highest BCUT2D eigenvalue weighted by Crippen LogP contribution is 2.33. The van der Waals surface area contributed by atoms with Crippen LogP contribution in [0.5, 0.6) is 5.75 Å². The summed E-state index contributed by atoms with van der Waals surface area (Å²) in [5.74, 6) is 1.82. The van der Waals surface area contributed by atoms with Crippen LogP contribution in [-0.2, 0) is 9.47 Å². The van der Waals surface area contributed by atoms with Gasteiger partial charge in [0.2, 0.25) is 0 Å². The van der Waals surface area contributed by atoms with E-state index < -0.39 is 5.60 Å². The molecular weight excluding hydrogens is 480 g/mol. The maximum absolute atomic E-state index is 12.4. The van der Waals surface area contributed by atoms with E-state index in [0.717, 1.165) is 58.5 Å². The van der Waals surface area contributed by atoms with Crippen molar-refractivity contribution in [1.29, 1.82) is 0 Å². The third kappa shape index (κ3) is 5.75. The Morgan fingerprint density at radius 3 is 2.68 bits per heavy atom. The van der Waals surface area contributed by atoms with E-state index in [1.165, 1.54) is 0 Å². The van der Waals surface area contributed by atoms with Crippen molar-refractivity contribution < 1.29 is 19.0 Å². The fraction of sp³-hybridized carbons (Fsp3) is 0.433. The number of carbonyl (C=O) groups excluding carboxylic acids is 1. The van der Waals surface area contributed by atoms with E-state index >= 15 is 0 Å². The molecule has 1 saturated heterocycles. The summed E-state index contributed by atoms with van der Waals surface area (Å²) in [6.45, 7) is 11.1.